The highest BCUT2D eigenvalue weighted by Crippen LogP contribution is 2.01. The van der Waals surface area contributed by atoms with Crippen LogP contribution in [-0.2, 0) is 9.53 Å². The molecule has 0 saturated heterocycles. The third-order valence-corrected chi connectivity index (χ3v) is 1.60. The van der Waals surface area contributed by atoms with E-state index in [-0.39, 0.29) is 5.97 Å². The van der Waals surface area contributed by atoms with E-state index in [1.807, 2.05) is 13.8 Å². The topological polar surface area (TPSA) is 26.3 Å². The molecule has 0 atom stereocenters. The number of carbonyl (C=O) groups is 1. The van der Waals surface area contributed by atoms with Crippen LogP contribution in [-0.4, -0.2) is 44.7 Å². The number of hydrogen-bond donors (Lipinski definition) is 0. The summed E-state index contributed by atoms with van der Waals surface area (Å²) in [7, 11) is 6.24. The second-order valence-electron chi connectivity index (χ2n) is 4.83. The summed E-state index contributed by atoms with van der Waals surface area (Å²) < 4.78 is 5.90. The Kier molecular flexibility index (Phi) is 4.99. The highest BCUT2D eigenvalue weighted by molar-refractivity contribution is 5.69. The molecule has 13 heavy (non-hydrogen) atoms. The highest BCUT2D eigenvalue weighted by atomic mass is 16.5. The van der Waals surface area contributed by atoms with E-state index in [2.05, 4.69) is 21.1 Å². The van der Waals surface area contributed by atoms with Crippen LogP contribution in [0.25, 0.3) is 0 Å². The van der Waals surface area contributed by atoms with Gasteiger partial charge in [-0.15, -0.1) is 0 Å². The van der Waals surface area contributed by atoms with Crippen molar-refractivity contribution in [2.24, 2.45) is 5.92 Å². The molecule has 0 N–H and O–H groups in total. The third-order valence-electron chi connectivity index (χ3n) is 1.60. The molecule has 0 saturated carbocycles. The fraction of sp³-hybridized carbons (Fsp3) is 0.900. The molecule has 3 heteroatoms. The van der Waals surface area contributed by atoms with Gasteiger partial charge in [0.25, 0.3) is 0 Å². The number of carbonyl (C=O) groups excluding carboxylic acids is 1. The maximum Gasteiger partial charge on any atom is 0.306 e. The molecule has 0 aliphatic heterocycles. The molecule has 0 aromatic rings. The van der Waals surface area contributed by atoms with Crippen LogP contribution in [0, 0.1) is 5.92 Å². The first-order chi connectivity index (χ1) is 5.81. The average molecular weight is 188 g/mol. The molecule has 3 nitrogen and oxygen atoms in total. The van der Waals surface area contributed by atoms with Crippen molar-refractivity contribution in [1.82, 2.24) is 0 Å². The van der Waals surface area contributed by atoms with E-state index in [0.717, 1.165) is 11.0 Å². The predicted molar refractivity (Wildman–Crippen MR) is 53.3 cm³/mol. The van der Waals surface area contributed by atoms with E-state index in [1.165, 1.54) is 0 Å². The van der Waals surface area contributed by atoms with Crippen LogP contribution in [0.4, 0.5) is 0 Å². The molecule has 0 radical (unpaired) electrons. The third kappa shape index (κ3) is 9.34. The van der Waals surface area contributed by atoms with Crippen LogP contribution in [0.3, 0.4) is 0 Å². The molecule has 0 amide bonds. The van der Waals surface area contributed by atoms with E-state index in [0.29, 0.717) is 18.9 Å². The van der Waals surface area contributed by atoms with Gasteiger partial charge in [-0.1, -0.05) is 13.8 Å². The number of quaternary nitrogens is 1. The number of rotatable bonds is 5. The fourth-order valence-electron chi connectivity index (χ4n) is 0.826. The zero-order chi connectivity index (χ0) is 10.5. The van der Waals surface area contributed by atoms with Crippen molar-refractivity contribution in [2.75, 3.05) is 34.3 Å². The molecule has 0 aromatic heterocycles. The normalized spacial score (nSPS) is 11.8. The summed E-state index contributed by atoms with van der Waals surface area (Å²) in [5, 5.41) is 0. The second kappa shape index (κ2) is 5.22. The van der Waals surface area contributed by atoms with Gasteiger partial charge < -0.3 is 9.22 Å². The van der Waals surface area contributed by atoms with E-state index in [4.69, 9.17) is 4.74 Å². The summed E-state index contributed by atoms with van der Waals surface area (Å²) in [5.74, 6) is 0.306. The summed E-state index contributed by atoms with van der Waals surface area (Å²) >= 11 is 0. The van der Waals surface area contributed by atoms with Crippen LogP contribution in [0.15, 0.2) is 0 Å². The summed E-state index contributed by atoms with van der Waals surface area (Å²) in [6.45, 7) is 5.42. The van der Waals surface area contributed by atoms with Crippen molar-refractivity contribution in [3.63, 3.8) is 0 Å². The molecule has 0 aliphatic rings. The van der Waals surface area contributed by atoms with Crippen molar-refractivity contribution in [3.05, 3.63) is 0 Å². The maximum absolute atomic E-state index is 11.1. The Balaban J connectivity index is 3.49. The van der Waals surface area contributed by atoms with Crippen LogP contribution in [0.1, 0.15) is 20.3 Å². The van der Waals surface area contributed by atoms with Gasteiger partial charge in [-0.25, -0.2) is 0 Å². The minimum Gasteiger partial charge on any atom is -0.460 e. The Labute approximate surface area is 81.3 Å². The standard InChI is InChI=1S/C10H22NO2/c1-9(2)8-10(12)13-7-6-11(3,4)5/h9H,6-8H2,1-5H3/q+1. The SMILES string of the molecule is CC(C)CC(=O)OCC[N+](C)(C)C. The summed E-state index contributed by atoms with van der Waals surface area (Å²) in [6, 6.07) is 0. The molecule has 0 heterocycles. The van der Waals surface area contributed by atoms with Gasteiger partial charge in [0, 0.05) is 6.42 Å². The lowest BCUT2D eigenvalue weighted by molar-refractivity contribution is -0.870. The van der Waals surface area contributed by atoms with E-state index in [9.17, 15) is 4.79 Å². The maximum atomic E-state index is 11.1. The van der Waals surface area contributed by atoms with Gasteiger partial charge in [-0.3, -0.25) is 4.79 Å². The number of nitrogens with zero attached hydrogens (tertiary/aromatic N) is 1. The molecular formula is C10H22NO2+. The minimum atomic E-state index is -0.0801. The van der Waals surface area contributed by atoms with Gasteiger partial charge in [0.15, 0.2) is 0 Å². The number of likely N-dealkylation sites (N-methyl/N-ethyl adjacent to an activating group) is 1. The quantitative estimate of drug-likeness (QED) is 0.480. The lowest BCUT2D eigenvalue weighted by Crippen LogP contribution is -2.38. The largest absolute Gasteiger partial charge is 0.460 e. The monoisotopic (exact) mass is 188 g/mol. The molecule has 0 spiro atoms. The smallest absolute Gasteiger partial charge is 0.306 e. The van der Waals surface area contributed by atoms with Crippen LogP contribution >= 0.6 is 0 Å². The van der Waals surface area contributed by atoms with Crippen LogP contribution < -0.4 is 0 Å². The molecule has 78 valence electrons. The molecule has 0 fully saturated rings. The molecule has 0 bridgehead atoms. The lowest BCUT2D eigenvalue weighted by Gasteiger charge is -2.23. The highest BCUT2D eigenvalue weighted by Gasteiger charge is 2.10. The first-order valence-corrected chi connectivity index (χ1v) is 4.77. The van der Waals surface area contributed by atoms with Crippen molar-refractivity contribution < 1.29 is 14.0 Å². The van der Waals surface area contributed by atoms with Gasteiger partial charge in [0.1, 0.15) is 13.2 Å². The number of hydrogen-bond acceptors (Lipinski definition) is 2. The van der Waals surface area contributed by atoms with E-state index < -0.39 is 0 Å². The Bertz CT molecular complexity index is 159. The van der Waals surface area contributed by atoms with Gasteiger partial charge in [0.2, 0.25) is 0 Å². The van der Waals surface area contributed by atoms with Gasteiger partial charge >= 0.3 is 5.97 Å². The summed E-state index contributed by atoms with van der Waals surface area (Å²) in [6.07, 6.45) is 0.525. The Morgan fingerprint density at radius 3 is 2.23 bits per heavy atom. The first-order valence-electron chi connectivity index (χ1n) is 4.77. The molecule has 0 unspecified atom stereocenters. The van der Waals surface area contributed by atoms with Gasteiger partial charge in [0.05, 0.1) is 21.1 Å². The van der Waals surface area contributed by atoms with Crippen molar-refractivity contribution >= 4 is 5.97 Å². The Morgan fingerprint density at radius 2 is 1.85 bits per heavy atom. The number of esters is 1. The predicted octanol–water partition coefficient (Wildman–Crippen LogP) is 1.28. The lowest BCUT2D eigenvalue weighted by atomic mass is 10.1. The molecule has 0 aliphatic carbocycles. The second-order valence-corrected chi connectivity index (χ2v) is 4.83. The van der Waals surface area contributed by atoms with Crippen molar-refractivity contribution in [2.45, 2.75) is 20.3 Å². The average Bonchev–Trinajstić information content (AvgIpc) is 1.81. The molecular weight excluding hydrogens is 166 g/mol. The zero-order valence-corrected chi connectivity index (χ0v) is 9.46. The minimum absolute atomic E-state index is 0.0801. The van der Waals surface area contributed by atoms with Gasteiger partial charge in [-0.2, -0.15) is 0 Å². The first kappa shape index (κ1) is 12.4. The Morgan fingerprint density at radius 1 is 1.31 bits per heavy atom. The zero-order valence-electron chi connectivity index (χ0n) is 9.46. The molecule has 0 rings (SSSR count). The summed E-state index contributed by atoms with van der Waals surface area (Å²) in [4.78, 5) is 11.1. The van der Waals surface area contributed by atoms with Crippen molar-refractivity contribution in [3.8, 4) is 0 Å². The van der Waals surface area contributed by atoms with Gasteiger partial charge in [-0.05, 0) is 5.92 Å². The van der Waals surface area contributed by atoms with E-state index >= 15 is 0 Å². The van der Waals surface area contributed by atoms with Crippen LogP contribution in [0.2, 0.25) is 0 Å². The number of ether oxygens (including phenoxy) is 1. The Hall–Kier alpha value is -0.570. The van der Waals surface area contributed by atoms with E-state index in [1.54, 1.807) is 0 Å². The molecule has 0 aromatic carbocycles. The van der Waals surface area contributed by atoms with Crippen molar-refractivity contribution in [1.29, 1.82) is 0 Å². The summed E-state index contributed by atoms with van der Waals surface area (Å²) in [5.41, 5.74) is 0. The van der Waals surface area contributed by atoms with Crippen LogP contribution in [0.5, 0.6) is 0 Å². The fourth-order valence-corrected chi connectivity index (χ4v) is 0.826.